The number of nitrogens with one attached hydrogen (secondary N) is 1. The highest BCUT2D eigenvalue weighted by molar-refractivity contribution is 9.10. The summed E-state index contributed by atoms with van der Waals surface area (Å²) in [6.07, 6.45) is 0.845. The molecule has 3 rings (SSSR count). The van der Waals surface area contributed by atoms with Crippen molar-refractivity contribution in [1.29, 1.82) is 0 Å². The third-order valence-electron chi connectivity index (χ3n) is 3.85. The Kier molecular flexibility index (Phi) is 6.91. The van der Waals surface area contributed by atoms with Gasteiger partial charge in [0.05, 0.1) is 12.6 Å². The maximum absolute atomic E-state index is 9.71. The summed E-state index contributed by atoms with van der Waals surface area (Å²) in [6, 6.07) is 8.10. The molecule has 9 heteroatoms. The van der Waals surface area contributed by atoms with E-state index in [1.54, 1.807) is 11.8 Å². The van der Waals surface area contributed by atoms with Gasteiger partial charge in [0.1, 0.15) is 4.70 Å². The molecule has 0 fully saturated rings. The van der Waals surface area contributed by atoms with Crippen LogP contribution in [0.4, 0.5) is 10.9 Å². The smallest absolute Gasteiger partial charge is 0.191 e. The van der Waals surface area contributed by atoms with Crippen LogP contribution in [0.3, 0.4) is 0 Å². The maximum Gasteiger partial charge on any atom is 0.191 e. The number of thiazole rings is 1. The summed E-state index contributed by atoms with van der Waals surface area (Å²) >= 11 is 6.36. The van der Waals surface area contributed by atoms with Crippen molar-refractivity contribution in [3.63, 3.8) is 0 Å². The third-order valence-corrected chi connectivity index (χ3v) is 6.18. The van der Waals surface area contributed by atoms with Crippen LogP contribution in [0.5, 0.6) is 0 Å². The Labute approximate surface area is 175 Å². The highest BCUT2D eigenvalue weighted by Crippen LogP contribution is 2.32. The van der Waals surface area contributed by atoms with Gasteiger partial charge < -0.3 is 16.2 Å². The summed E-state index contributed by atoms with van der Waals surface area (Å²) in [6.45, 7) is 4.30. The molecule has 0 amide bonds. The monoisotopic (exact) mass is 467 g/mol. The SMILES string of the molecule is CC(C)CC(CO)Nc1nc(SCc2ccc(Br)cc2)nc2nc(N)sc12. The number of hydrogen-bond donors (Lipinski definition) is 3. The van der Waals surface area contributed by atoms with Gasteiger partial charge in [-0.1, -0.05) is 65.0 Å². The molecule has 1 atom stereocenters. The van der Waals surface area contributed by atoms with E-state index in [2.05, 4.69) is 62.2 Å². The molecule has 144 valence electrons. The zero-order valence-electron chi connectivity index (χ0n) is 15.1. The molecular weight excluding hydrogens is 446 g/mol. The number of nitrogens with zero attached hydrogens (tertiary/aromatic N) is 3. The molecule has 2 heterocycles. The minimum Gasteiger partial charge on any atom is -0.394 e. The average Bonchev–Trinajstić information content (AvgIpc) is 3.00. The number of thioether (sulfide) groups is 1. The first-order valence-electron chi connectivity index (χ1n) is 8.63. The number of benzene rings is 1. The molecule has 0 saturated carbocycles. The number of fused-ring (bicyclic) bond motifs is 1. The van der Waals surface area contributed by atoms with Gasteiger partial charge in [0.2, 0.25) is 0 Å². The topological polar surface area (TPSA) is 97.0 Å². The van der Waals surface area contributed by atoms with Crippen LogP contribution in [0.15, 0.2) is 33.9 Å². The van der Waals surface area contributed by atoms with E-state index >= 15 is 0 Å². The van der Waals surface area contributed by atoms with Gasteiger partial charge in [0.25, 0.3) is 0 Å². The normalized spacial score (nSPS) is 12.6. The fourth-order valence-corrected chi connectivity index (χ4v) is 4.44. The number of nitrogens with two attached hydrogens (primary N) is 1. The lowest BCUT2D eigenvalue weighted by Gasteiger charge is -2.19. The minimum atomic E-state index is -0.0734. The van der Waals surface area contributed by atoms with Gasteiger partial charge in [-0.3, -0.25) is 0 Å². The summed E-state index contributed by atoms with van der Waals surface area (Å²) < 4.78 is 1.88. The Morgan fingerprint density at radius 2 is 1.96 bits per heavy atom. The molecule has 0 aliphatic heterocycles. The van der Waals surface area contributed by atoms with Crippen molar-refractivity contribution < 1.29 is 5.11 Å². The zero-order chi connectivity index (χ0) is 19.4. The highest BCUT2D eigenvalue weighted by atomic mass is 79.9. The van der Waals surface area contributed by atoms with Crippen molar-refractivity contribution in [3.05, 3.63) is 34.3 Å². The number of rotatable bonds is 8. The van der Waals surface area contributed by atoms with Crippen LogP contribution in [0.2, 0.25) is 0 Å². The number of hydrogen-bond acceptors (Lipinski definition) is 8. The van der Waals surface area contributed by atoms with Crippen LogP contribution in [0.25, 0.3) is 10.3 Å². The standard InChI is InChI=1S/C18H22BrN5OS2/c1-10(2)7-13(8-25)21-15-14-16(22-17(20)27-14)24-18(23-15)26-9-11-3-5-12(19)6-4-11/h3-6,10,13,25H,7-9H2,1-2H3,(H3,20,21,22,23,24). The molecule has 0 aliphatic rings. The molecule has 3 aromatic rings. The molecule has 0 spiro atoms. The fraction of sp³-hybridized carbons (Fsp3) is 0.389. The summed E-state index contributed by atoms with van der Waals surface area (Å²) in [5.41, 5.74) is 7.66. The quantitative estimate of drug-likeness (QED) is 0.330. The molecule has 1 aromatic carbocycles. The second kappa shape index (κ2) is 9.18. The van der Waals surface area contributed by atoms with Crippen LogP contribution in [0.1, 0.15) is 25.8 Å². The van der Waals surface area contributed by atoms with Gasteiger partial charge in [-0.2, -0.15) is 0 Å². The summed E-state index contributed by atoms with van der Waals surface area (Å²) in [5.74, 6) is 1.91. The van der Waals surface area contributed by atoms with E-state index in [-0.39, 0.29) is 12.6 Å². The first kappa shape index (κ1) is 20.3. The maximum atomic E-state index is 9.71. The number of anilines is 2. The number of halogens is 1. The van der Waals surface area contributed by atoms with E-state index in [4.69, 9.17) is 5.73 Å². The molecular formula is C18H22BrN5OS2. The largest absolute Gasteiger partial charge is 0.394 e. The van der Waals surface area contributed by atoms with E-state index < -0.39 is 0 Å². The van der Waals surface area contributed by atoms with Gasteiger partial charge >= 0.3 is 0 Å². The van der Waals surface area contributed by atoms with Crippen LogP contribution in [-0.4, -0.2) is 32.7 Å². The van der Waals surface area contributed by atoms with Crippen LogP contribution in [-0.2, 0) is 5.75 Å². The predicted molar refractivity (Wildman–Crippen MR) is 117 cm³/mol. The molecule has 6 nitrogen and oxygen atoms in total. The van der Waals surface area contributed by atoms with Crippen molar-refractivity contribution >= 4 is 60.3 Å². The molecule has 0 radical (unpaired) electrons. The molecule has 1 unspecified atom stereocenters. The molecule has 27 heavy (non-hydrogen) atoms. The zero-order valence-corrected chi connectivity index (χ0v) is 18.4. The second-order valence-electron chi connectivity index (χ2n) is 6.63. The second-order valence-corrected chi connectivity index (χ2v) is 9.52. The average molecular weight is 468 g/mol. The lowest BCUT2D eigenvalue weighted by molar-refractivity contribution is 0.259. The van der Waals surface area contributed by atoms with Crippen molar-refractivity contribution in [2.75, 3.05) is 17.7 Å². The van der Waals surface area contributed by atoms with Gasteiger partial charge in [-0.15, -0.1) is 0 Å². The van der Waals surface area contributed by atoms with E-state index in [1.807, 2.05) is 12.1 Å². The Bertz CT molecular complexity index is 901. The van der Waals surface area contributed by atoms with E-state index in [0.29, 0.717) is 27.7 Å². The first-order valence-corrected chi connectivity index (χ1v) is 11.2. The number of nitrogen functional groups attached to an aromatic ring is 1. The Morgan fingerprint density at radius 1 is 1.22 bits per heavy atom. The van der Waals surface area contributed by atoms with Gasteiger partial charge in [0.15, 0.2) is 21.8 Å². The van der Waals surface area contributed by atoms with Crippen molar-refractivity contribution in [2.24, 2.45) is 5.92 Å². The van der Waals surface area contributed by atoms with E-state index in [0.717, 1.165) is 21.3 Å². The number of aliphatic hydroxyl groups is 1. The molecule has 0 aliphatic carbocycles. The first-order chi connectivity index (χ1) is 12.9. The number of aromatic nitrogens is 3. The fourth-order valence-electron chi connectivity index (χ4n) is 2.65. The Hall–Kier alpha value is -1.42. The summed E-state index contributed by atoms with van der Waals surface area (Å²) in [5, 5.41) is 14.2. The number of aliphatic hydroxyl groups excluding tert-OH is 1. The van der Waals surface area contributed by atoms with Crippen LogP contribution < -0.4 is 11.1 Å². The minimum absolute atomic E-state index is 0.0410. The van der Waals surface area contributed by atoms with Crippen molar-refractivity contribution in [1.82, 2.24) is 15.0 Å². The Balaban J connectivity index is 1.84. The highest BCUT2D eigenvalue weighted by Gasteiger charge is 2.17. The van der Waals surface area contributed by atoms with Gasteiger partial charge in [0, 0.05) is 10.2 Å². The molecule has 0 bridgehead atoms. The third kappa shape index (κ3) is 5.54. The lowest BCUT2D eigenvalue weighted by atomic mass is 10.0. The van der Waals surface area contributed by atoms with Crippen LogP contribution in [0, 0.1) is 5.92 Å². The molecule has 0 saturated heterocycles. The lowest BCUT2D eigenvalue weighted by Crippen LogP contribution is -2.26. The molecule has 4 N–H and O–H groups in total. The van der Waals surface area contributed by atoms with E-state index in [1.165, 1.54) is 16.9 Å². The van der Waals surface area contributed by atoms with Crippen molar-refractivity contribution in [3.8, 4) is 0 Å². The molecule has 2 aromatic heterocycles. The Morgan fingerprint density at radius 3 is 2.63 bits per heavy atom. The van der Waals surface area contributed by atoms with E-state index in [9.17, 15) is 5.11 Å². The van der Waals surface area contributed by atoms with Crippen LogP contribution >= 0.6 is 39.0 Å². The summed E-state index contributed by atoms with van der Waals surface area (Å²) in [4.78, 5) is 13.5. The predicted octanol–water partition coefficient (Wildman–Crippen LogP) is 4.54. The van der Waals surface area contributed by atoms with Crippen molar-refractivity contribution in [2.45, 2.75) is 37.2 Å². The van der Waals surface area contributed by atoms with Gasteiger partial charge in [-0.05, 0) is 30.0 Å². The van der Waals surface area contributed by atoms with Gasteiger partial charge in [-0.25, -0.2) is 15.0 Å². The summed E-state index contributed by atoms with van der Waals surface area (Å²) in [7, 11) is 0.